The minimum absolute atomic E-state index is 0.0324. The van der Waals surface area contributed by atoms with Crippen molar-refractivity contribution in [2.75, 3.05) is 32.8 Å². The number of likely N-dealkylation sites (tertiary alicyclic amines) is 1. The first-order valence-electron chi connectivity index (χ1n) is 14.9. The molecule has 210 valence electrons. The Morgan fingerprint density at radius 3 is 2.37 bits per heavy atom. The van der Waals surface area contributed by atoms with E-state index in [9.17, 15) is 14.4 Å². The van der Waals surface area contributed by atoms with E-state index in [2.05, 4.69) is 6.92 Å². The molecule has 3 fully saturated rings. The van der Waals surface area contributed by atoms with Crippen LogP contribution in [0.15, 0.2) is 24.3 Å². The number of unbranched alkanes of at least 4 members (excludes halogenated alkanes) is 3. The van der Waals surface area contributed by atoms with E-state index >= 15 is 0 Å². The summed E-state index contributed by atoms with van der Waals surface area (Å²) in [5, 5.41) is 9.16. The van der Waals surface area contributed by atoms with Gasteiger partial charge in [0.05, 0.1) is 17.4 Å². The molecule has 5 rings (SSSR count). The van der Waals surface area contributed by atoms with E-state index in [-0.39, 0.29) is 30.4 Å². The predicted molar refractivity (Wildman–Crippen MR) is 144 cm³/mol. The van der Waals surface area contributed by atoms with E-state index in [0.717, 1.165) is 57.8 Å². The van der Waals surface area contributed by atoms with Crippen LogP contribution >= 0.6 is 0 Å². The summed E-state index contributed by atoms with van der Waals surface area (Å²) >= 11 is 0. The first kappa shape index (κ1) is 27.4. The van der Waals surface area contributed by atoms with Gasteiger partial charge in [-0.25, -0.2) is 0 Å². The molecule has 8 heteroatoms. The number of carbonyl (C=O) groups excluding carboxylic acids is 3. The maximum atomic E-state index is 14.4. The lowest BCUT2D eigenvalue weighted by atomic mass is 9.74. The number of aliphatic hydroxyl groups is 1. The number of hydrogen-bond donors (Lipinski definition) is 1. The highest BCUT2D eigenvalue weighted by atomic mass is 16.5. The SMILES string of the molecule is CCCN1CC=C[C@@]2(C)O[C@]34C=CCN(C5CCCCC5)C(=O)C3N(CCCCCCO)C(=O)[C@@H]4[C@H]2C1=O. The third-order valence-electron chi connectivity index (χ3n) is 9.49. The average Bonchev–Trinajstić information content (AvgIpc) is 3.17. The van der Waals surface area contributed by atoms with Crippen LogP contribution in [0.2, 0.25) is 0 Å². The second-order valence-electron chi connectivity index (χ2n) is 12.0. The van der Waals surface area contributed by atoms with E-state index in [1.54, 1.807) is 4.90 Å². The zero-order valence-electron chi connectivity index (χ0n) is 23.1. The summed E-state index contributed by atoms with van der Waals surface area (Å²) in [6.07, 6.45) is 17.4. The van der Waals surface area contributed by atoms with Crippen LogP contribution in [-0.2, 0) is 19.1 Å². The van der Waals surface area contributed by atoms with E-state index in [0.29, 0.717) is 26.2 Å². The average molecular weight is 528 g/mol. The number of ether oxygens (including phenoxy) is 1. The van der Waals surface area contributed by atoms with Crippen LogP contribution in [0.1, 0.15) is 78.1 Å². The monoisotopic (exact) mass is 527 g/mol. The molecule has 38 heavy (non-hydrogen) atoms. The number of carbonyl (C=O) groups is 3. The second kappa shape index (κ2) is 11.1. The fourth-order valence-electron chi connectivity index (χ4n) is 7.77. The molecule has 1 N–H and O–H groups in total. The van der Waals surface area contributed by atoms with E-state index in [1.807, 2.05) is 41.0 Å². The molecule has 4 heterocycles. The van der Waals surface area contributed by atoms with Gasteiger partial charge in [0.1, 0.15) is 11.6 Å². The fourth-order valence-corrected chi connectivity index (χ4v) is 7.77. The van der Waals surface area contributed by atoms with Crippen molar-refractivity contribution in [2.45, 2.75) is 101 Å². The highest BCUT2D eigenvalue weighted by molar-refractivity contribution is 6.00. The summed E-state index contributed by atoms with van der Waals surface area (Å²) in [4.78, 5) is 48.4. The van der Waals surface area contributed by atoms with Crippen LogP contribution in [-0.4, -0.2) is 93.6 Å². The number of hydrogen-bond acceptors (Lipinski definition) is 5. The molecule has 5 atom stereocenters. The molecule has 3 amide bonds. The normalized spacial score (nSPS) is 35.4. The lowest BCUT2D eigenvalue weighted by molar-refractivity contribution is -0.154. The molecule has 1 unspecified atom stereocenters. The Kier molecular flexibility index (Phi) is 8.01. The van der Waals surface area contributed by atoms with Gasteiger partial charge in [0, 0.05) is 38.8 Å². The van der Waals surface area contributed by atoms with Crippen molar-refractivity contribution in [2.24, 2.45) is 11.8 Å². The van der Waals surface area contributed by atoms with Gasteiger partial charge < -0.3 is 24.5 Å². The highest BCUT2D eigenvalue weighted by Gasteiger charge is 2.74. The van der Waals surface area contributed by atoms with E-state index in [4.69, 9.17) is 9.84 Å². The van der Waals surface area contributed by atoms with E-state index in [1.165, 1.54) is 6.42 Å². The van der Waals surface area contributed by atoms with Gasteiger partial charge in [-0.1, -0.05) is 63.3 Å². The third-order valence-corrected chi connectivity index (χ3v) is 9.49. The molecule has 0 aromatic heterocycles. The minimum Gasteiger partial charge on any atom is -0.396 e. The van der Waals surface area contributed by atoms with Gasteiger partial charge in [-0.3, -0.25) is 14.4 Å². The molecule has 0 radical (unpaired) electrons. The summed E-state index contributed by atoms with van der Waals surface area (Å²) in [7, 11) is 0. The largest absolute Gasteiger partial charge is 0.396 e. The van der Waals surface area contributed by atoms with Crippen LogP contribution < -0.4 is 0 Å². The minimum atomic E-state index is -1.16. The molecule has 5 aliphatic rings. The Labute approximate surface area is 227 Å². The Balaban J connectivity index is 1.53. The molecule has 1 spiro atoms. The van der Waals surface area contributed by atoms with Crippen LogP contribution in [0.25, 0.3) is 0 Å². The Morgan fingerprint density at radius 1 is 0.895 bits per heavy atom. The van der Waals surface area contributed by atoms with Gasteiger partial charge in [-0.2, -0.15) is 0 Å². The Hall–Kier alpha value is -2.19. The summed E-state index contributed by atoms with van der Waals surface area (Å²) in [5.74, 6) is -1.60. The molecular weight excluding hydrogens is 482 g/mol. The van der Waals surface area contributed by atoms with Gasteiger partial charge in [0.15, 0.2) is 0 Å². The van der Waals surface area contributed by atoms with Gasteiger partial charge in [-0.15, -0.1) is 0 Å². The summed E-state index contributed by atoms with van der Waals surface area (Å²) < 4.78 is 6.91. The molecule has 0 aromatic carbocycles. The molecule has 1 aliphatic carbocycles. The van der Waals surface area contributed by atoms with Crippen LogP contribution in [0, 0.1) is 11.8 Å². The van der Waals surface area contributed by atoms with E-state index < -0.39 is 29.1 Å². The molecule has 0 bridgehead atoms. The second-order valence-corrected chi connectivity index (χ2v) is 12.0. The zero-order valence-corrected chi connectivity index (χ0v) is 23.1. The molecule has 2 saturated heterocycles. The zero-order chi connectivity index (χ0) is 26.9. The van der Waals surface area contributed by atoms with Crippen LogP contribution in [0.5, 0.6) is 0 Å². The van der Waals surface area contributed by atoms with Crippen molar-refractivity contribution < 1.29 is 24.2 Å². The smallest absolute Gasteiger partial charge is 0.249 e. The topological polar surface area (TPSA) is 90.4 Å². The fraction of sp³-hybridized carbons (Fsp3) is 0.767. The van der Waals surface area contributed by atoms with Crippen LogP contribution in [0.3, 0.4) is 0 Å². The molecule has 0 aromatic rings. The van der Waals surface area contributed by atoms with Gasteiger partial charge in [0.2, 0.25) is 17.7 Å². The quantitative estimate of drug-likeness (QED) is 0.368. The summed E-state index contributed by atoms with van der Waals surface area (Å²) in [6.45, 7) is 6.25. The molecular formula is C30H45N3O5. The van der Waals surface area contributed by atoms with Gasteiger partial charge in [0.25, 0.3) is 0 Å². The highest BCUT2D eigenvalue weighted by Crippen LogP contribution is 2.57. The van der Waals surface area contributed by atoms with Crippen molar-refractivity contribution >= 4 is 17.7 Å². The van der Waals surface area contributed by atoms with Gasteiger partial charge in [-0.05, 0) is 39.0 Å². The van der Waals surface area contributed by atoms with Crippen LogP contribution in [0.4, 0.5) is 0 Å². The van der Waals surface area contributed by atoms with Crippen molar-refractivity contribution in [1.29, 1.82) is 0 Å². The summed E-state index contributed by atoms with van der Waals surface area (Å²) in [6, 6.07) is -0.580. The molecule has 1 saturated carbocycles. The first-order valence-corrected chi connectivity index (χ1v) is 14.9. The Morgan fingerprint density at radius 2 is 1.63 bits per heavy atom. The number of rotatable bonds is 9. The summed E-state index contributed by atoms with van der Waals surface area (Å²) in [5.41, 5.74) is -2.10. The van der Waals surface area contributed by atoms with Crippen molar-refractivity contribution in [1.82, 2.24) is 14.7 Å². The lowest BCUT2D eigenvalue weighted by Gasteiger charge is -2.40. The number of fused-ring (bicyclic) bond motifs is 2. The predicted octanol–water partition coefficient (Wildman–Crippen LogP) is 3.05. The maximum Gasteiger partial charge on any atom is 0.249 e. The maximum absolute atomic E-state index is 14.4. The third kappa shape index (κ3) is 4.51. The standard InChI is InChI=1S/C30H45N3O5/c1-3-17-31-18-11-15-29(2)23(26(31)35)24-27(36)33(19-9-4-5-10-21-34)25-28(37)32(22-13-7-6-8-14-22)20-12-16-30(24,25)38-29/h11-12,15-16,22-25,34H,3-10,13-14,17-21H2,1-2H3/t23-,24-,25?,29+,30-/m0/s1. The molecule has 4 aliphatic heterocycles. The number of nitrogens with zero attached hydrogens (tertiary/aromatic N) is 3. The van der Waals surface area contributed by atoms with Crippen molar-refractivity contribution in [3.63, 3.8) is 0 Å². The lowest BCUT2D eigenvalue weighted by Crippen LogP contribution is -2.57. The molecule has 8 nitrogen and oxygen atoms in total. The Bertz CT molecular complexity index is 975. The number of amides is 3. The van der Waals surface area contributed by atoms with Crippen molar-refractivity contribution in [3.05, 3.63) is 24.3 Å². The van der Waals surface area contributed by atoms with Crippen molar-refractivity contribution in [3.8, 4) is 0 Å². The first-order chi connectivity index (χ1) is 18.4. The van der Waals surface area contributed by atoms with Gasteiger partial charge >= 0.3 is 0 Å². The number of aliphatic hydroxyl groups excluding tert-OH is 1.